The van der Waals surface area contributed by atoms with E-state index in [0.717, 1.165) is 37.3 Å². The molecule has 0 spiro atoms. The summed E-state index contributed by atoms with van der Waals surface area (Å²) in [6.45, 7) is 4.53. The van der Waals surface area contributed by atoms with Gasteiger partial charge in [-0.05, 0) is 61.8 Å². The minimum absolute atomic E-state index is 0.00315. The Morgan fingerprint density at radius 2 is 1.81 bits per heavy atom. The molecular formula is C17H24F3N. The van der Waals surface area contributed by atoms with Gasteiger partial charge in [0.1, 0.15) is 0 Å². The van der Waals surface area contributed by atoms with E-state index in [1.54, 1.807) is 6.07 Å². The van der Waals surface area contributed by atoms with E-state index in [4.69, 9.17) is 0 Å². The maximum absolute atomic E-state index is 12.9. The van der Waals surface area contributed by atoms with Crippen LogP contribution < -0.4 is 5.32 Å². The van der Waals surface area contributed by atoms with Gasteiger partial charge in [-0.15, -0.1) is 0 Å². The highest BCUT2D eigenvalue weighted by molar-refractivity contribution is 5.28. The van der Waals surface area contributed by atoms with E-state index in [1.165, 1.54) is 12.1 Å². The second kappa shape index (κ2) is 5.99. The molecule has 1 aliphatic carbocycles. The average Bonchev–Trinajstić information content (AvgIpc) is 2.41. The number of nitrogens with one attached hydrogen (secondary N) is 1. The fourth-order valence-corrected chi connectivity index (χ4v) is 3.34. The van der Waals surface area contributed by atoms with Gasteiger partial charge < -0.3 is 5.32 Å². The molecule has 1 fully saturated rings. The Bertz CT molecular complexity index is 469. The molecule has 0 aliphatic heterocycles. The first-order valence-corrected chi connectivity index (χ1v) is 7.57. The van der Waals surface area contributed by atoms with Crippen molar-refractivity contribution in [2.45, 2.75) is 51.7 Å². The summed E-state index contributed by atoms with van der Waals surface area (Å²) < 4.78 is 38.6. The number of rotatable bonds is 3. The molecule has 1 aromatic rings. The average molecular weight is 299 g/mol. The van der Waals surface area contributed by atoms with Crippen LogP contribution in [0.2, 0.25) is 0 Å². The summed E-state index contributed by atoms with van der Waals surface area (Å²) in [6.07, 6.45) is 0.121. The molecule has 1 aromatic carbocycles. The van der Waals surface area contributed by atoms with Gasteiger partial charge in [0.05, 0.1) is 5.56 Å². The van der Waals surface area contributed by atoms with Crippen LogP contribution in [0.1, 0.15) is 56.7 Å². The zero-order chi connectivity index (χ0) is 15.7. The smallest absolute Gasteiger partial charge is 0.313 e. The minimum Gasteiger partial charge on any atom is -0.313 e. The monoisotopic (exact) mass is 299 g/mol. The molecule has 0 heterocycles. The lowest BCUT2D eigenvalue weighted by molar-refractivity contribution is -0.137. The molecule has 1 atom stereocenters. The van der Waals surface area contributed by atoms with E-state index in [-0.39, 0.29) is 6.04 Å². The Hall–Kier alpha value is -1.03. The second-order valence-electron chi connectivity index (χ2n) is 6.89. The maximum atomic E-state index is 12.9. The number of hydrogen-bond acceptors (Lipinski definition) is 1. The van der Waals surface area contributed by atoms with Crippen molar-refractivity contribution in [1.82, 2.24) is 5.32 Å². The van der Waals surface area contributed by atoms with Gasteiger partial charge in [-0.1, -0.05) is 26.0 Å². The van der Waals surface area contributed by atoms with Gasteiger partial charge in [-0.25, -0.2) is 0 Å². The Balaban J connectivity index is 2.18. The number of hydrogen-bond donors (Lipinski definition) is 1. The highest BCUT2D eigenvalue weighted by atomic mass is 19.4. The molecule has 1 nitrogen and oxygen atoms in total. The van der Waals surface area contributed by atoms with E-state index < -0.39 is 11.7 Å². The lowest BCUT2D eigenvalue weighted by Gasteiger charge is -2.38. The predicted octanol–water partition coefficient (Wildman–Crippen LogP) is 5.18. The number of halogens is 3. The van der Waals surface area contributed by atoms with Crippen molar-refractivity contribution in [3.63, 3.8) is 0 Å². The van der Waals surface area contributed by atoms with Gasteiger partial charge in [0.15, 0.2) is 0 Å². The van der Waals surface area contributed by atoms with Crippen molar-refractivity contribution in [3.8, 4) is 0 Å². The quantitative estimate of drug-likeness (QED) is 0.810. The molecule has 2 rings (SSSR count). The van der Waals surface area contributed by atoms with Gasteiger partial charge in [-0.3, -0.25) is 0 Å². The zero-order valence-electron chi connectivity index (χ0n) is 12.9. The second-order valence-corrected chi connectivity index (χ2v) is 6.89. The predicted molar refractivity (Wildman–Crippen MR) is 79.0 cm³/mol. The lowest BCUT2D eigenvalue weighted by atomic mass is 9.70. The van der Waals surface area contributed by atoms with Crippen molar-refractivity contribution in [1.29, 1.82) is 0 Å². The SMILES string of the molecule is CNC(c1cccc(C(F)(F)F)c1)C1CCC(C)(C)CC1. The van der Waals surface area contributed by atoms with Gasteiger partial charge in [0, 0.05) is 6.04 Å². The summed E-state index contributed by atoms with van der Waals surface area (Å²) in [5.74, 6) is 0.409. The van der Waals surface area contributed by atoms with E-state index in [2.05, 4.69) is 19.2 Å². The molecule has 4 heteroatoms. The lowest BCUT2D eigenvalue weighted by Crippen LogP contribution is -2.31. The summed E-state index contributed by atoms with van der Waals surface area (Å²) in [6, 6.07) is 5.75. The normalized spacial score (nSPS) is 21.2. The van der Waals surface area contributed by atoms with Gasteiger partial charge in [0.25, 0.3) is 0 Å². The Kier molecular flexibility index (Phi) is 4.66. The standard InChI is InChI=1S/C17H24F3N/c1-16(2)9-7-12(8-10-16)15(21-3)13-5-4-6-14(11-13)17(18,19)20/h4-6,11-12,15,21H,7-10H2,1-3H3. The first kappa shape index (κ1) is 16.3. The molecule has 118 valence electrons. The summed E-state index contributed by atoms with van der Waals surface area (Å²) in [7, 11) is 1.84. The topological polar surface area (TPSA) is 12.0 Å². The maximum Gasteiger partial charge on any atom is 0.416 e. The van der Waals surface area contributed by atoms with Crippen LogP contribution in [-0.4, -0.2) is 7.05 Å². The molecule has 0 saturated heterocycles. The molecule has 1 saturated carbocycles. The fraction of sp³-hybridized carbons (Fsp3) is 0.647. The third-order valence-corrected chi connectivity index (χ3v) is 4.74. The molecular weight excluding hydrogens is 275 g/mol. The number of alkyl halides is 3. The van der Waals surface area contributed by atoms with E-state index >= 15 is 0 Å². The van der Waals surface area contributed by atoms with Gasteiger partial charge in [0.2, 0.25) is 0 Å². The molecule has 0 bridgehead atoms. The highest BCUT2D eigenvalue weighted by Gasteiger charge is 2.34. The summed E-state index contributed by atoms with van der Waals surface area (Å²) in [5.41, 5.74) is 0.552. The van der Waals surface area contributed by atoms with Crippen LogP contribution >= 0.6 is 0 Å². The largest absolute Gasteiger partial charge is 0.416 e. The van der Waals surface area contributed by atoms with Crippen LogP contribution in [-0.2, 0) is 6.18 Å². The minimum atomic E-state index is -4.27. The van der Waals surface area contributed by atoms with Crippen LogP contribution in [0.25, 0.3) is 0 Å². The fourth-order valence-electron chi connectivity index (χ4n) is 3.34. The van der Waals surface area contributed by atoms with Crippen molar-refractivity contribution in [2.24, 2.45) is 11.3 Å². The summed E-state index contributed by atoms with van der Waals surface area (Å²) in [4.78, 5) is 0. The number of benzene rings is 1. The van der Waals surface area contributed by atoms with Crippen molar-refractivity contribution in [2.75, 3.05) is 7.05 Å². The van der Waals surface area contributed by atoms with Crippen molar-refractivity contribution >= 4 is 0 Å². The molecule has 21 heavy (non-hydrogen) atoms. The van der Waals surface area contributed by atoms with Crippen molar-refractivity contribution in [3.05, 3.63) is 35.4 Å². The van der Waals surface area contributed by atoms with Crippen molar-refractivity contribution < 1.29 is 13.2 Å². The van der Waals surface area contributed by atoms with Crippen LogP contribution in [0.4, 0.5) is 13.2 Å². The van der Waals surface area contributed by atoms with Crippen LogP contribution in [0, 0.1) is 11.3 Å². The first-order chi connectivity index (χ1) is 9.73. The van der Waals surface area contributed by atoms with E-state index in [9.17, 15) is 13.2 Å². The molecule has 0 aromatic heterocycles. The molecule has 1 aliphatic rings. The van der Waals surface area contributed by atoms with E-state index in [1.807, 2.05) is 7.05 Å². The Labute approximate surface area is 124 Å². The van der Waals surface area contributed by atoms with Gasteiger partial charge >= 0.3 is 6.18 Å². The summed E-state index contributed by atoms with van der Waals surface area (Å²) >= 11 is 0. The van der Waals surface area contributed by atoms with Crippen LogP contribution in [0.15, 0.2) is 24.3 Å². The van der Waals surface area contributed by atoms with E-state index in [0.29, 0.717) is 11.3 Å². The molecule has 1 N–H and O–H groups in total. The third kappa shape index (κ3) is 4.00. The van der Waals surface area contributed by atoms with Crippen LogP contribution in [0.3, 0.4) is 0 Å². The third-order valence-electron chi connectivity index (χ3n) is 4.74. The Morgan fingerprint density at radius 1 is 1.19 bits per heavy atom. The molecule has 0 radical (unpaired) electrons. The molecule has 0 amide bonds. The Morgan fingerprint density at radius 3 is 2.33 bits per heavy atom. The first-order valence-electron chi connectivity index (χ1n) is 7.57. The molecule has 1 unspecified atom stereocenters. The van der Waals surface area contributed by atoms with Gasteiger partial charge in [-0.2, -0.15) is 13.2 Å². The highest BCUT2D eigenvalue weighted by Crippen LogP contribution is 2.43. The zero-order valence-corrected chi connectivity index (χ0v) is 12.9. The van der Waals surface area contributed by atoms with Crippen LogP contribution in [0.5, 0.6) is 0 Å². The summed E-state index contributed by atoms with van der Waals surface area (Å²) in [5, 5.41) is 3.23.